The van der Waals surface area contributed by atoms with Crippen LogP contribution in [0.4, 0.5) is 0 Å². The molecule has 64 valence electrons. The molecule has 0 saturated heterocycles. The van der Waals surface area contributed by atoms with Crippen molar-refractivity contribution in [1.82, 2.24) is 0 Å². The Morgan fingerprint density at radius 3 is 2.75 bits per heavy atom. The topological polar surface area (TPSA) is 17.1 Å². The zero-order valence-electron chi connectivity index (χ0n) is 7.63. The molecule has 0 aliphatic heterocycles. The van der Waals surface area contributed by atoms with Crippen LogP contribution in [-0.4, -0.2) is 5.78 Å². The number of carbonyl (C=O) groups excluding carboxylic acids is 1. The molecule has 12 heavy (non-hydrogen) atoms. The van der Waals surface area contributed by atoms with Gasteiger partial charge in [0, 0.05) is 11.5 Å². The first-order chi connectivity index (χ1) is 5.61. The SMILES string of the molecule is C=C(C)C1C=C(C(C)=O)C=CC1. The Morgan fingerprint density at radius 2 is 2.25 bits per heavy atom. The molecule has 1 atom stereocenters. The highest BCUT2D eigenvalue weighted by Crippen LogP contribution is 2.22. The molecule has 0 aromatic carbocycles. The summed E-state index contributed by atoms with van der Waals surface area (Å²) in [6, 6.07) is 0. The van der Waals surface area contributed by atoms with Gasteiger partial charge in [-0.15, -0.1) is 0 Å². The van der Waals surface area contributed by atoms with Crippen LogP contribution in [0.1, 0.15) is 20.3 Å². The van der Waals surface area contributed by atoms with E-state index in [0.29, 0.717) is 5.92 Å². The quantitative estimate of drug-likeness (QED) is 0.570. The molecule has 0 fully saturated rings. The largest absolute Gasteiger partial charge is 0.295 e. The van der Waals surface area contributed by atoms with E-state index in [9.17, 15) is 4.79 Å². The highest BCUT2D eigenvalue weighted by Gasteiger charge is 2.11. The molecule has 0 radical (unpaired) electrons. The minimum absolute atomic E-state index is 0.136. The van der Waals surface area contributed by atoms with Crippen molar-refractivity contribution in [3.05, 3.63) is 36.0 Å². The molecule has 1 heteroatoms. The van der Waals surface area contributed by atoms with Crippen molar-refractivity contribution < 1.29 is 4.79 Å². The molecule has 0 aromatic heterocycles. The second-order valence-electron chi connectivity index (χ2n) is 3.27. The van der Waals surface area contributed by atoms with Gasteiger partial charge in [-0.1, -0.05) is 30.4 Å². The van der Waals surface area contributed by atoms with Crippen LogP contribution in [0.2, 0.25) is 0 Å². The number of rotatable bonds is 2. The van der Waals surface area contributed by atoms with Crippen molar-refractivity contribution in [3.8, 4) is 0 Å². The summed E-state index contributed by atoms with van der Waals surface area (Å²) in [6.45, 7) is 7.48. The molecule has 1 unspecified atom stereocenters. The predicted octanol–water partition coefficient (Wildman–Crippen LogP) is 2.65. The fourth-order valence-corrected chi connectivity index (χ4v) is 1.26. The van der Waals surface area contributed by atoms with Gasteiger partial charge in [-0.05, 0) is 20.3 Å². The molecule has 1 rings (SSSR count). The summed E-state index contributed by atoms with van der Waals surface area (Å²) in [7, 11) is 0. The van der Waals surface area contributed by atoms with Crippen molar-refractivity contribution in [2.75, 3.05) is 0 Å². The molecule has 0 spiro atoms. The normalized spacial score (nSPS) is 21.8. The van der Waals surface area contributed by atoms with Crippen molar-refractivity contribution >= 4 is 5.78 Å². The number of hydrogen-bond acceptors (Lipinski definition) is 1. The van der Waals surface area contributed by atoms with E-state index in [1.807, 2.05) is 25.2 Å². The average molecular weight is 162 g/mol. The molecular formula is C11H14O. The van der Waals surface area contributed by atoms with Crippen LogP contribution in [0.25, 0.3) is 0 Å². The van der Waals surface area contributed by atoms with Gasteiger partial charge in [0.1, 0.15) is 0 Å². The van der Waals surface area contributed by atoms with Crippen LogP contribution in [0.15, 0.2) is 36.0 Å². The zero-order chi connectivity index (χ0) is 9.14. The van der Waals surface area contributed by atoms with Crippen molar-refractivity contribution in [3.63, 3.8) is 0 Å². The van der Waals surface area contributed by atoms with Crippen molar-refractivity contribution in [2.45, 2.75) is 20.3 Å². The third-order valence-corrected chi connectivity index (χ3v) is 2.11. The van der Waals surface area contributed by atoms with Gasteiger partial charge in [0.05, 0.1) is 0 Å². The predicted molar refractivity (Wildman–Crippen MR) is 50.8 cm³/mol. The van der Waals surface area contributed by atoms with Crippen LogP contribution < -0.4 is 0 Å². The van der Waals surface area contributed by atoms with Gasteiger partial charge in [-0.3, -0.25) is 4.79 Å². The minimum atomic E-state index is 0.136. The Kier molecular flexibility index (Phi) is 2.64. The number of allylic oxidation sites excluding steroid dienone is 5. The molecule has 1 aliphatic rings. The number of Topliss-reactive ketones (excluding diaryl/α,β-unsaturated/α-hetero) is 1. The van der Waals surface area contributed by atoms with E-state index in [1.165, 1.54) is 0 Å². The second kappa shape index (κ2) is 3.53. The van der Waals surface area contributed by atoms with E-state index in [2.05, 4.69) is 6.58 Å². The Hall–Kier alpha value is -1.11. The molecule has 1 nitrogen and oxygen atoms in total. The summed E-state index contributed by atoms with van der Waals surface area (Å²) in [5, 5.41) is 0. The van der Waals surface area contributed by atoms with Gasteiger partial charge in [0.25, 0.3) is 0 Å². The summed E-state index contributed by atoms with van der Waals surface area (Å²) in [5.41, 5.74) is 1.94. The van der Waals surface area contributed by atoms with Gasteiger partial charge in [0.15, 0.2) is 5.78 Å². The van der Waals surface area contributed by atoms with E-state index in [0.717, 1.165) is 17.6 Å². The number of hydrogen-bond donors (Lipinski definition) is 0. The first-order valence-corrected chi connectivity index (χ1v) is 4.16. The standard InChI is InChI=1S/C11H14O/c1-8(2)10-5-4-6-11(7-10)9(3)12/h4,6-7,10H,1,5H2,2-3H3. The van der Waals surface area contributed by atoms with Crippen molar-refractivity contribution in [1.29, 1.82) is 0 Å². The third kappa shape index (κ3) is 1.94. The first-order valence-electron chi connectivity index (χ1n) is 4.16. The zero-order valence-corrected chi connectivity index (χ0v) is 7.63. The van der Waals surface area contributed by atoms with Crippen LogP contribution in [0.3, 0.4) is 0 Å². The molecule has 0 bridgehead atoms. The minimum Gasteiger partial charge on any atom is -0.295 e. The van der Waals surface area contributed by atoms with E-state index in [1.54, 1.807) is 6.92 Å². The van der Waals surface area contributed by atoms with Crippen molar-refractivity contribution in [2.24, 2.45) is 5.92 Å². The molecule has 0 amide bonds. The van der Waals surface area contributed by atoms with Crippen LogP contribution in [0, 0.1) is 5.92 Å². The summed E-state index contributed by atoms with van der Waals surface area (Å²) in [4.78, 5) is 11.0. The molecular weight excluding hydrogens is 148 g/mol. The summed E-state index contributed by atoms with van der Waals surface area (Å²) < 4.78 is 0. The highest BCUT2D eigenvalue weighted by molar-refractivity contribution is 5.96. The van der Waals surface area contributed by atoms with Gasteiger partial charge >= 0.3 is 0 Å². The van der Waals surface area contributed by atoms with Crippen LogP contribution in [-0.2, 0) is 4.79 Å². The van der Waals surface area contributed by atoms with Gasteiger partial charge in [0.2, 0.25) is 0 Å². The lowest BCUT2D eigenvalue weighted by Gasteiger charge is -2.14. The molecule has 0 N–H and O–H groups in total. The van der Waals surface area contributed by atoms with Crippen LogP contribution in [0.5, 0.6) is 0 Å². The van der Waals surface area contributed by atoms with E-state index in [-0.39, 0.29) is 5.78 Å². The smallest absolute Gasteiger partial charge is 0.159 e. The van der Waals surface area contributed by atoms with Gasteiger partial charge < -0.3 is 0 Å². The third-order valence-electron chi connectivity index (χ3n) is 2.11. The molecule has 1 aliphatic carbocycles. The first kappa shape index (κ1) is 8.98. The Balaban J connectivity index is 2.82. The van der Waals surface area contributed by atoms with Gasteiger partial charge in [-0.25, -0.2) is 0 Å². The molecule has 0 saturated carbocycles. The maximum Gasteiger partial charge on any atom is 0.159 e. The Labute approximate surface area is 73.5 Å². The van der Waals surface area contributed by atoms with Crippen LogP contribution >= 0.6 is 0 Å². The van der Waals surface area contributed by atoms with E-state index >= 15 is 0 Å². The second-order valence-corrected chi connectivity index (χ2v) is 3.27. The number of carbonyl (C=O) groups is 1. The lowest BCUT2D eigenvalue weighted by Crippen LogP contribution is -2.05. The summed E-state index contributed by atoms with van der Waals surface area (Å²) >= 11 is 0. The Morgan fingerprint density at radius 1 is 1.58 bits per heavy atom. The maximum atomic E-state index is 11.0. The number of ketones is 1. The monoisotopic (exact) mass is 162 g/mol. The Bertz CT molecular complexity index is 269. The summed E-state index contributed by atoms with van der Waals surface area (Å²) in [6.07, 6.45) is 6.91. The lowest BCUT2D eigenvalue weighted by molar-refractivity contribution is -0.113. The van der Waals surface area contributed by atoms with Gasteiger partial charge in [-0.2, -0.15) is 0 Å². The van der Waals surface area contributed by atoms with E-state index in [4.69, 9.17) is 0 Å². The fourth-order valence-electron chi connectivity index (χ4n) is 1.26. The maximum absolute atomic E-state index is 11.0. The van der Waals surface area contributed by atoms with E-state index < -0.39 is 0 Å². The molecule has 0 aromatic rings. The average Bonchev–Trinajstić information content (AvgIpc) is 2.04. The fraction of sp³-hybridized carbons (Fsp3) is 0.364. The lowest BCUT2D eigenvalue weighted by atomic mass is 9.90. The summed E-state index contributed by atoms with van der Waals surface area (Å²) in [5.74, 6) is 0.492. The highest BCUT2D eigenvalue weighted by atomic mass is 16.1. The molecule has 0 heterocycles.